The molecule has 0 aliphatic rings. The number of hydrogen-bond donors (Lipinski definition) is 0. The molecule has 0 aliphatic heterocycles. The molecule has 0 amide bonds. The van der Waals surface area contributed by atoms with Gasteiger partial charge >= 0.3 is 5.97 Å². The second kappa shape index (κ2) is 9.52. The number of ether oxygens (including phenoxy) is 3. The Balaban J connectivity index is 2.74. The fraction of sp³-hybridized carbons (Fsp3) is 0.294. The molecule has 0 fully saturated rings. The lowest BCUT2D eigenvalue weighted by atomic mass is 10.1. The average Bonchev–Trinajstić information content (AvgIpc) is 2.51. The zero-order chi connectivity index (χ0) is 16.4. The summed E-state index contributed by atoms with van der Waals surface area (Å²) >= 11 is 0. The van der Waals surface area contributed by atoms with E-state index in [1.54, 1.807) is 50.3 Å². The van der Waals surface area contributed by atoms with Crippen molar-refractivity contribution in [1.29, 1.82) is 0 Å². The fourth-order valence-corrected chi connectivity index (χ4v) is 1.49. The average molecular weight is 304 g/mol. The fourth-order valence-electron chi connectivity index (χ4n) is 1.49. The van der Waals surface area contributed by atoms with Crippen LogP contribution in [0.3, 0.4) is 0 Å². The van der Waals surface area contributed by atoms with Gasteiger partial charge in [-0.15, -0.1) is 0 Å². The number of Topliss-reactive ketones (excluding diaryl/α,β-unsaturated/α-hetero) is 1. The van der Waals surface area contributed by atoms with Gasteiger partial charge < -0.3 is 14.2 Å². The van der Waals surface area contributed by atoms with Gasteiger partial charge in [0.15, 0.2) is 0 Å². The minimum absolute atomic E-state index is 0.246. The van der Waals surface area contributed by atoms with E-state index in [1.165, 1.54) is 6.26 Å². The molecule has 0 spiro atoms. The van der Waals surface area contributed by atoms with Crippen LogP contribution >= 0.6 is 0 Å². The summed E-state index contributed by atoms with van der Waals surface area (Å²) in [7, 11) is 0. The molecular weight excluding hydrogens is 284 g/mol. The first-order valence-corrected chi connectivity index (χ1v) is 6.88. The van der Waals surface area contributed by atoms with E-state index in [-0.39, 0.29) is 19.0 Å². The second-order valence-corrected chi connectivity index (χ2v) is 4.46. The molecule has 5 nitrogen and oxygen atoms in total. The molecule has 1 rings (SSSR count). The SMILES string of the molecule is C=C(C)/C=C/OC(OCC(=O)OCC)C(=O)c1ccccc1. The highest BCUT2D eigenvalue weighted by atomic mass is 16.7. The van der Waals surface area contributed by atoms with Crippen molar-refractivity contribution in [2.24, 2.45) is 0 Å². The zero-order valence-corrected chi connectivity index (χ0v) is 12.8. The van der Waals surface area contributed by atoms with Crippen LogP contribution < -0.4 is 0 Å². The van der Waals surface area contributed by atoms with Crippen LogP contribution in [0.1, 0.15) is 24.2 Å². The third kappa shape index (κ3) is 6.37. The summed E-state index contributed by atoms with van der Waals surface area (Å²) in [6.45, 7) is 7.05. The largest absolute Gasteiger partial charge is 0.465 e. The summed E-state index contributed by atoms with van der Waals surface area (Å²) in [4.78, 5) is 23.7. The molecule has 0 saturated heterocycles. The van der Waals surface area contributed by atoms with E-state index in [4.69, 9.17) is 14.2 Å². The summed E-state index contributed by atoms with van der Waals surface area (Å²) in [6, 6.07) is 8.57. The molecule has 0 N–H and O–H groups in total. The summed E-state index contributed by atoms with van der Waals surface area (Å²) in [5.74, 6) is -0.933. The third-order valence-corrected chi connectivity index (χ3v) is 2.48. The lowest BCUT2D eigenvalue weighted by molar-refractivity contribution is -0.157. The minimum Gasteiger partial charge on any atom is -0.465 e. The van der Waals surface area contributed by atoms with Gasteiger partial charge in [0.05, 0.1) is 12.9 Å². The monoisotopic (exact) mass is 304 g/mol. The van der Waals surface area contributed by atoms with Gasteiger partial charge in [0.2, 0.25) is 5.78 Å². The van der Waals surface area contributed by atoms with Gasteiger partial charge in [-0.1, -0.05) is 42.5 Å². The smallest absolute Gasteiger partial charge is 0.332 e. The summed E-state index contributed by atoms with van der Waals surface area (Å²) in [6.07, 6.45) is 1.69. The minimum atomic E-state index is -1.22. The van der Waals surface area contributed by atoms with Gasteiger partial charge in [-0.3, -0.25) is 4.79 Å². The van der Waals surface area contributed by atoms with Crippen LogP contribution in [0.2, 0.25) is 0 Å². The lowest BCUT2D eigenvalue weighted by Crippen LogP contribution is -2.29. The summed E-state index contributed by atoms with van der Waals surface area (Å²) < 4.78 is 15.3. The molecule has 22 heavy (non-hydrogen) atoms. The Hall–Kier alpha value is -2.40. The highest BCUT2D eigenvalue weighted by molar-refractivity contribution is 5.98. The van der Waals surface area contributed by atoms with Crippen molar-refractivity contribution in [3.63, 3.8) is 0 Å². The number of esters is 1. The van der Waals surface area contributed by atoms with E-state index < -0.39 is 12.3 Å². The number of allylic oxidation sites excluding steroid dienone is 2. The predicted molar refractivity (Wildman–Crippen MR) is 82.2 cm³/mol. The van der Waals surface area contributed by atoms with E-state index in [2.05, 4.69) is 6.58 Å². The van der Waals surface area contributed by atoms with Crippen LogP contribution in [0.25, 0.3) is 0 Å². The molecule has 1 aromatic carbocycles. The van der Waals surface area contributed by atoms with Crippen molar-refractivity contribution in [3.8, 4) is 0 Å². The summed E-state index contributed by atoms with van der Waals surface area (Å²) in [5, 5.41) is 0. The van der Waals surface area contributed by atoms with Crippen LogP contribution in [-0.2, 0) is 19.0 Å². The van der Waals surface area contributed by atoms with Gasteiger partial charge in [0, 0.05) is 5.56 Å². The topological polar surface area (TPSA) is 61.8 Å². The third-order valence-electron chi connectivity index (χ3n) is 2.48. The molecule has 0 aliphatic carbocycles. The number of ketones is 1. The van der Waals surface area contributed by atoms with Crippen LogP contribution in [0.15, 0.2) is 54.8 Å². The highest BCUT2D eigenvalue weighted by Gasteiger charge is 2.22. The van der Waals surface area contributed by atoms with Crippen molar-refractivity contribution in [2.75, 3.05) is 13.2 Å². The van der Waals surface area contributed by atoms with Gasteiger partial charge in [-0.2, -0.15) is 0 Å². The van der Waals surface area contributed by atoms with Crippen molar-refractivity contribution < 1.29 is 23.8 Å². The standard InChI is InChI=1S/C17H20O5/c1-4-20-15(18)12-22-17(21-11-10-13(2)3)16(19)14-8-6-5-7-9-14/h5-11,17H,2,4,12H2,1,3H3/b11-10+. The number of rotatable bonds is 9. The first kappa shape index (κ1) is 17.7. The molecule has 0 saturated carbocycles. The Morgan fingerprint density at radius 2 is 1.95 bits per heavy atom. The van der Waals surface area contributed by atoms with Crippen molar-refractivity contribution in [3.05, 3.63) is 60.4 Å². The van der Waals surface area contributed by atoms with E-state index in [0.717, 1.165) is 5.57 Å². The molecule has 1 aromatic rings. The number of carbonyl (C=O) groups excluding carboxylic acids is 2. The molecule has 1 unspecified atom stereocenters. The van der Waals surface area contributed by atoms with Crippen LogP contribution in [0.4, 0.5) is 0 Å². The second-order valence-electron chi connectivity index (χ2n) is 4.46. The molecule has 0 aromatic heterocycles. The molecule has 1 atom stereocenters. The molecule has 0 heterocycles. The van der Waals surface area contributed by atoms with Crippen LogP contribution in [0, 0.1) is 0 Å². The van der Waals surface area contributed by atoms with Gasteiger partial charge in [0.25, 0.3) is 6.29 Å². The van der Waals surface area contributed by atoms with Crippen LogP contribution in [-0.4, -0.2) is 31.3 Å². The lowest BCUT2D eigenvalue weighted by Gasteiger charge is -2.16. The number of benzene rings is 1. The van der Waals surface area contributed by atoms with Crippen molar-refractivity contribution >= 4 is 11.8 Å². The summed E-state index contributed by atoms with van der Waals surface area (Å²) in [5.41, 5.74) is 1.19. The van der Waals surface area contributed by atoms with Gasteiger partial charge in [0.1, 0.15) is 6.61 Å². The number of hydrogen-bond acceptors (Lipinski definition) is 5. The Morgan fingerprint density at radius 3 is 2.55 bits per heavy atom. The van der Waals surface area contributed by atoms with E-state index in [1.807, 2.05) is 0 Å². The molecule has 5 heteroatoms. The van der Waals surface area contributed by atoms with E-state index in [9.17, 15) is 9.59 Å². The Labute approximate surface area is 130 Å². The zero-order valence-electron chi connectivity index (χ0n) is 12.8. The van der Waals surface area contributed by atoms with E-state index in [0.29, 0.717) is 5.56 Å². The molecular formula is C17H20O5. The van der Waals surface area contributed by atoms with Crippen molar-refractivity contribution in [2.45, 2.75) is 20.1 Å². The Kier molecular flexibility index (Phi) is 7.64. The van der Waals surface area contributed by atoms with Crippen molar-refractivity contribution in [1.82, 2.24) is 0 Å². The van der Waals surface area contributed by atoms with Gasteiger partial charge in [-0.05, 0) is 19.9 Å². The normalized spacial score (nSPS) is 11.9. The predicted octanol–water partition coefficient (Wildman–Crippen LogP) is 2.88. The molecule has 118 valence electrons. The van der Waals surface area contributed by atoms with Crippen LogP contribution in [0.5, 0.6) is 0 Å². The van der Waals surface area contributed by atoms with E-state index >= 15 is 0 Å². The Bertz CT molecular complexity index is 533. The first-order valence-electron chi connectivity index (χ1n) is 6.88. The maximum atomic E-state index is 12.3. The molecule has 0 bridgehead atoms. The quantitative estimate of drug-likeness (QED) is 0.231. The first-order chi connectivity index (χ1) is 10.5. The van der Waals surface area contributed by atoms with Gasteiger partial charge in [-0.25, -0.2) is 4.79 Å². The number of carbonyl (C=O) groups is 2. The highest BCUT2D eigenvalue weighted by Crippen LogP contribution is 2.09. The Morgan fingerprint density at radius 1 is 1.27 bits per heavy atom. The molecule has 0 radical (unpaired) electrons. The maximum Gasteiger partial charge on any atom is 0.332 e. The maximum absolute atomic E-state index is 12.3.